The maximum absolute atomic E-state index is 14.3. The Labute approximate surface area is 268 Å². The van der Waals surface area contributed by atoms with E-state index in [-0.39, 0.29) is 64.6 Å². The normalized spacial score (nSPS) is 24.0. The zero-order chi connectivity index (χ0) is 33.7. The maximum atomic E-state index is 14.3. The predicted octanol–water partition coefficient (Wildman–Crippen LogP) is 4.41. The summed E-state index contributed by atoms with van der Waals surface area (Å²) in [7, 11) is -3.62. The van der Waals surface area contributed by atoms with Gasteiger partial charge in [-0.2, -0.15) is 0 Å². The molecular formula is C35H50N2O7S. The number of hydrogen-bond acceptors (Lipinski definition) is 7. The lowest BCUT2D eigenvalue weighted by Gasteiger charge is -2.38. The Kier molecular flexibility index (Phi) is 9.62. The van der Waals surface area contributed by atoms with E-state index < -0.39 is 50.2 Å². The summed E-state index contributed by atoms with van der Waals surface area (Å²) in [5.41, 5.74) is 3.71. The van der Waals surface area contributed by atoms with Crippen molar-refractivity contribution >= 4 is 39.0 Å². The van der Waals surface area contributed by atoms with Gasteiger partial charge in [-0.1, -0.05) is 79.5 Å². The fourth-order valence-corrected chi connectivity index (χ4v) is 9.43. The number of nitrogens with zero attached hydrogens (tertiary/aromatic N) is 1. The lowest BCUT2D eigenvalue weighted by atomic mass is 9.75. The Morgan fingerprint density at radius 1 is 0.978 bits per heavy atom. The molecule has 2 N–H and O–H groups in total. The van der Waals surface area contributed by atoms with Crippen molar-refractivity contribution in [1.29, 1.82) is 0 Å². The zero-order valence-electron chi connectivity index (χ0n) is 27.8. The number of benzene rings is 1. The van der Waals surface area contributed by atoms with Gasteiger partial charge < -0.3 is 10.6 Å². The minimum atomic E-state index is -3.62. The number of piperidine rings is 1. The van der Waals surface area contributed by atoms with Gasteiger partial charge in [0.1, 0.15) is 5.78 Å². The summed E-state index contributed by atoms with van der Waals surface area (Å²) < 4.78 is 26.1. The second-order valence-corrected chi connectivity index (χ2v) is 18.2. The number of fused-ring (bicyclic) bond motifs is 1. The molecule has 0 aromatic heterocycles. The molecule has 10 heteroatoms. The number of sulfone groups is 1. The average molecular weight is 643 g/mol. The summed E-state index contributed by atoms with van der Waals surface area (Å²) in [4.78, 5) is 68.0. The Hall–Kier alpha value is -2.88. The quantitative estimate of drug-likeness (QED) is 0.279. The van der Waals surface area contributed by atoms with Crippen molar-refractivity contribution < 1.29 is 32.4 Å². The first-order valence-electron chi connectivity index (χ1n) is 16.1. The molecule has 1 heterocycles. The van der Waals surface area contributed by atoms with Gasteiger partial charge in [-0.3, -0.25) is 24.0 Å². The van der Waals surface area contributed by atoms with E-state index in [2.05, 4.69) is 13.8 Å². The van der Waals surface area contributed by atoms with Crippen LogP contribution in [0.5, 0.6) is 0 Å². The van der Waals surface area contributed by atoms with Gasteiger partial charge in [0.2, 0.25) is 11.7 Å². The van der Waals surface area contributed by atoms with Crippen molar-refractivity contribution in [3.63, 3.8) is 0 Å². The number of likely N-dealkylation sites (tertiary alicyclic amines) is 1. The van der Waals surface area contributed by atoms with Crippen LogP contribution in [0.4, 0.5) is 0 Å². The SMILES string of the molecule is CC(C)(CC(=O)C[C@H](C(=O)N1CC2[C@@H]([C@H]1C(=O)CC(CC1CC1)C(=O)C(N)=O)C2(C)C)C(C)(C)C)CS(=O)(=O)c1ccccc1. The first-order chi connectivity index (χ1) is 20.7. The molecule has 248 valence electrons. The Morgan fingerprint density at radius 3 is 2.11 bits per heavy atom. The number of primary amides is 1. The van der Waals surface area contributed by atoms with Gasteiger partial charge in [-0.15, -0.1) is 0 Å². The summed E-state index contributed by atoms with van der Waals surface area (Å²) in [5.74, 6) is -3.82. The molecular weight excluding hydrogens is 592 g/mol. The predicted molar refractivity (Wildman–Crippen MR) is 170 cm³/mol. The highest BCUT2D eigenvalue weighted by Crippen LogP contribution is 2.65. The summed E-state index contributed by atoms with van der Waals surface area (Å²) in [6, 6.07) is 7.42. The third-order valence-electron chi connectivity index (χ3n) is 10.3. The number of nitrogens with two attached hydrogens (primary N) is 1. The average Bonchev–Trinajstić information content (AvgIpc) is 3.77. The molecule has 4 rings (SSSR count). The van der Waals surface area contributed by atoms with Crippen LogP contribution in [-0.2, 0) is 33.8 Å². The van der Waals surface area contributed by atoms with Crippen LogP contribution >= 0.6 is 0 Å². The number of amides is 2. The van der Waals surface area contributed by atoms with Crippen LogP contribution in [0.3, 0.4) is 0 Å². The van der Waals surface area contributed by atoms with Crippen molar-refractivity contribution in [2.75, 3.05) is 12.3 Å². The molecule has 1 saturated heterocycles. The van der Waals surface area contributed by atoms with E-state index in [4.69, 9.17) is 5.73 Å². The van der Waals surface area contributed by atoms with Crippen LogP contribution in [0.15, 0.2) is 35.2 Å². The number of carbonyl (C=O) groups is 5. The van der Waals surface area contributed by atoms with Gasteiger partial charge in [0, 0.05) is 37.6 Å². The smallest absolute Gasteiger partial charge is 0.285 e. The summed E-state index contributed by atoms with van der Waals surface area (Å²) in [6.45, 7) is 13.7. The van der Waals surface area contributed by atoms with Crippen LogP contribution in [0.25, 0.3) is 0 Å². The molecule has 45 heavy (non-hydrogen) atoms. The largest absolute Gasteiger partial charge is 0.363 e. The molecule has 0 bridgehead atoms. The molecule has 2 amide bonds. The van der Waals surface area contributed by atoms with Gasteiger partial charge in [0.25, 0.3) is 5.91 Å². The molecule has 3 aliphatic rings. The van der Waals surface area contributed by atoms with Crippen LogP contribution in [0.2, 0.25) is 0 Å². The maximum Gasteiger partial charge on any atom is 0.285 e. The zero-order valence-corrected chi connectivity index (χ0v) is 28.6. The number of rotatable bonds is 15. The lowest BCUT2D eigenvalue weighted by molar-refractivity contribution is -0.148. The van der Waals surface area contributed by atoms with Crippen LogP contribution in [0.1, 0.15) is 87.0 Å². The molecule has 1 aromatic rings. The Bertz CT molecular complexity index is 1450. The van der Waals surface area contributed by atoms with Gasteiger partial charge >= 0.3 is 0 Å². The van der Waals surface area contributed by atoms with E-state index in [1.807, 2.05) is 20.8 Å². The standard InChI is InChI=1S/C35H50N2O7S/c1-33(2,3)25(17-23(38)18-34(4,5)20-45(43,44)24-11-9-8-10-12-24)32(42)37-19-26-28(35(26,6)7)29(37)27(39)16-22(15-21-13-14-21)30(40)31(36)41/h8-12,21-22,25-26,28-29H,13-20H2,1-7H3,(H2,36,41)/t22?,25-,26?,28+,29-/m1/s1. The molecule has 3 fully saturated rings. The van der Waals surface area contributed by atoms with Crippen molar-refractivity contribution in [3.05, 3.63) is 30.3 Å². The number of carbonyl (C=O) groups excluding carboxylic acids is 5. The molecule has 5 atom stereocenters. The Morgan fingerprint density at radius 2 is 1.58 bits per heavy atom. The minimum Gasteiger partial charge on any atom is -0.363 e. The van der Waals surface area contributed by atoms with Crippen molar-refractivity contribution in [2.45, 2.75) is 97.9 Å². The fourth-order valence-electron chi connectivity index (χ4n) is 7.56. The van der Waals surface area contributed by atoms with Gasteiger partial charge in [0.05, 0.1) is 16.7 Å². The van der Waals surface area contributed by atoms with E-state index in [9.17, 15) is 32.4 Å². The molecule has 2 unspecified atom stereocenters. The molecule has 1 aliphatic heterocycles. The molecule has 2 saturated carbocycles. The fraction of sp³-hybridized carbons (Fsp3) is 0.686. The van der Waals surface area contributed by atoms with Crippen molar-refractivity contribution in [1.82, 2.24) is 4.90 Å². The number of ketones is 3. The van der Waals surface area contributed by atoms with Crippen molar-refractivity contribution in [3.8, 4) is 0 Å². The topological polar surface area (TPSA) is 149 Å². The van der Waals surface area contributed by atoms with E-state index >= 15 is 0 Å². The molecule has 9 nitrogen and oxygen atoms in total. The molecule has 0 spiro atoms. The molecule has 2 aliphatic carbocycles. The van der Waals surface area contributed by atoms with Crippen LogP contribution in [0, 0.1) is 45.8 Å². The van der Waals surface area contributed by atoms with Crippen LogP contribution in [-0.4, -0.2) is 60.8 Å². The number of hydrogen-bond donors (Lipinski definition) is 1. The summed E-state index contributed by atoms with van der Waals surface area (Å²) >= 11 is 0. The second-order valence-electron chi connectivity index (χ2n) is 16.2. The summed E-state index contributed by atoms with van der Waals surface area (Å²) in [6.07, 6.45) is 2.14. The Balaban J connectivity index is 1.50. The van der Waals surface area contributed by atoms with E-state index in [1.54, 1.807) is 49.1 Å². The van der Waals surface area contributed by atoms with E-state index in [1.165, 1.54) is 0 Å². The second kappa shape index (κ2) is 12.4. The minimum absolute atomic E-state index is 0.0162. The van der Waals surface area contributed by atoms with Crippen molar-refractivity contribution in [2.24, 2.45) is 51.6 Å². The third-order valence-corrected chi connectivity index (χ3v) is 12.5. The third kappa shape index (κ3) is 7.92. The van der Waals surface area contributed by atoms with Gasteiger partial charge in [-0.25, -0.2) is 8.42 Å². The molecule has 0 radical (unpaired) electrons. The van der Waals surface area contributed by atoms with Crippen LogP contribution < -0.4 is 5.73 Å². The highest BCUT2D eigenvalue weighted by molar-refractivity contribution is 7.91. The van der Waals surface area contributed by atoms with E-state index in [0.717, 1.165) is 12.8 Å². The number of Topliss-reactive ketones (excluding diaryl/α,β-unsaturated/α-hetero) is 3. The van der Waals surface area contributed by atoms with Gasteiger partial charge in [-0.05, 0) is 52.6 Å². The van der Waals surface area contributed by atoms with E-state index in [0.29, 0.717) is 18.9 Å². The monoisotopic (exact) mass is 642 g/mol. The highest BCUT2D eigenvalue weighted by Gasteiger charge is 2.69. The first-order valence-corrected chi connectivity index (χ1v) is 17.8. The molecule has 1 aromatic carbocycles. The lowest BCUT2D eigenvalue weighted by Crippen LogP contribution is -2.51. The van der Waals surface area contributed by atoms with Gasteiger partial charge in [0.15, 0.2) is 15.6 Å². The summed E-state index contributed by atoms with van der Waals surface area (Å²) in [5, 5.41) is 0. The first kappa shape index (κ1) is 35.0. The highest BCUT2D eigenvalue weighted by atomic mass is 32.2.